The van der Waals surface area contributed by atoms with E-state index in [1.54, 1.807) is 0 Å². The first kappa shape index (κ1) is 24.2. The van der Waals surface area contributed by atoms with E-state index in [1.165, 1.54) is 11.1 Å². The van der Waals surface area contributed by atoms with Gasteiger partial charge in [0.25, 0.3) is 0 Å². The number of hydrogen-bond acceptors (Lipinski definition) is 2. The first-order valence-electron chi connectivity index (χ1n) is 9.16. The Morgan fingerprint density at radius 3 is 2.36 bits per heavy atom. The van der Waals surface area contributed by atoms with Gasteiger partial charge in [-0.25, -0.2) is 0 Å². The zero-order chi connectivity index (χ0) is 17.8. The van der Waals surface area contributed by atoms with Crippen molar-refractivity contribution in [3.8, 4) is 0 Å². The van der Waals surface area contributed by atoms with Crippen molar-refractivity contribution >= 4 is 29.9 Å². The molecule has 25 heavy (non-hydrogen) atoms. The lowest BCUT2D eigenvalue weighted by molar-refractivity contribution is 0.143. The summed E-state index contributed by atoms with van der Waals surface area (Å²) < 4.78 is 5.36. The van der Waals surface area contributed by atoms with E-state index in [-0.39, 0.29) is 29.4 Å². The summed E-state index contributed by atoms with van der Waals surface area (Å²) in [5.41, 5.74) is 2.63. The number of guanidine groups is 1. The molecule has 0 saturated heterocycles. The van der Waals surface area contributed by atoms with Crippen LogP contribution in [0.25, 0.3) is 0 Å². The normalized spacial score (nSPS) is 11.8. The second-order valence-electron chi connectivity index (χ2n) is 6.78. The predicted octanol–water partition coefficient (Wildman–Crippen LogP) is 4.26. The van der Waals surface area contributed by atoms with Crippen LogP contribution < -0.4 is 10.6 Å². The van der Waals surface area contributed by atoms with E-state index in [0.717, 1.165) is 51.6 Å². The van der Waals surface area contributed by atoms with E-state index in [1.807, 2.05) is 6.92 Å². The van der Waals surface area contributed by atoms with Crippen LogP contribution in [0.1, 0.15) is 51.7 Å². The number of halogens is 1. The first-order valence-corrected chi connectivity index (χ1v) is 9.16. The summed E-state index contributed by atoms with van der Waals surface area (Å²) in [6.45, 7) is 14.9. The fraction of sp³-hybridized carbons (Fsp3) is 0.650. The Bertz CT molecular complexity index is 486. The number of nitrogens with zero attached hydrogens (tertiary/aromatic N) is 1. The van der Waals surface area contributed by atoms with Crippen LogP contribution in [0.3, 0.4) is 0 Å². The molecule has 0 heterocycles. The fourth-order valence-electron chi connectivity index (χ4n) is 2.39. The molecular weight excluding hydrogens is 425 g/mol. The topological polar surface area (TPSA) is 45.7 Å². The third-order valence-electron chi connectivity index (χ3n) is 4.02. The Hall–Kier alpha value is -0.820. The summed E-state index contributed by atoms with van der Waals surface area (Å²) in [5, 5.41) is 6.74. The Kier molecular flexibility index (Phi) is 13.0. The van der Waals surface area contributed by atoms with Crippen LogP contribution in [-0.4, -0.2) is 38.8 Å². The quantitative estimate of drug-likeness (QED) is 0.237. The monoisotopic (exact) mass is 461 g/mol. The van der Waals surface area contributed by atoms with Crippen LogP contribution in [0.5, 0.6) is 0 Å². The van der Waals surface area contributed by atoms with Crippen molar-refractivity contribution in [3.63, 3.8) is 0 Å². The molecule has 1 rings (SSSR count). The molecule has 0 fully saturated rings. The smallest absolute Gasteiger partial charge is 0.191 e. The highest BCUT2D eigenvalue weighted by Crippen LogP contribution is 2.23. The summed E-state index contributed by atoms with van der Waals surface area (Å²) in [6, 6.07) is 8.75. The van der Waals surface area contributed by atoms with Crippen molar-refractivity contribution in [2.45, 2.75) is 52.9 Å². The lowest BCUT2D eigenvalue weighted by Gasteiger charge is -2.24. The van der Waals surface area contributed by atoms with Gasteiger partial charge < -0.3 is 15.4 Å². The van der Waals surface area contributed by atoms with E-state index < -0.39 is 0 Å². The lowest BCUT2D eigenvalue weighted by atomic mass is 9.84. The molecule has 2 N–H and O–H groups in total. The van der Waals surface area contributed by atoms with Crippen LogP contribution in [0.2, 0.25) is 0 Å². The largest absolute Gasteiger partial charge is 0.382 e. The number of benzene rings is 1. The number of ether oxygens (including phenoxy) is 1. The zero-order valence-corrected chi connectivity index (χ0v) is 18.9. The van der Waals surface area contributed by atoms with Crippen LogP contribution in [-0.2, 0) is 10.2 Å². The van der Waals surface area contributed by atoms with Gasteiger partial charge in [-0.05, 0) is 39.2 Å². The molecule has 0 radical (unpaired) electrons. The molecule has 0 aliphatic carbocycles. The molecule has 0 aromatic heterocycles. The predicted molar refractivity (Wildman–Crippen MR) is 119 cm³/mol. The Balaban J connectivity index is 0.00000576. The maximum absolute atomic E-state index is 5.36. The van der Waals surface area contributed by atoms with Crippen LogP contribution in [0, 0.1) is 6.92 Å². The summed E-state index contributed by atoms with van der Waals surface area (Å²) in [7, 11) is 0. The van der Waals surface area contributed by atoms with Crippen LogP contribution >= 0.6 is 24.0 Å². The number of nitrogens with one attached hydrogen (secondary N) is 2. The zero-order valence-electron chi connectivity index (χ0n) is 16.5. The molecule has 5 heteroatoms. The molecule has 0 unspecified atom stereocenters. The van der Waals surface area contributed by atoms with E-state index in [9.17, 15) is 0 Å². The highest BCUT2D eigenvalue weighted by atomic mass is 127. The Labute approximate surface area is 171 Å². The molecule has 0 aliphatic rings. The number of aliphatic imine (C=N–C) groups is 1. The fourth-order valence-corrected chi connectivity index (χ4v) is 2.39. The summed E-state index contributed by atoms with van der Waals surface area (Å²) in [5.74, 6) is 0.897. The number of hydrogen-bond donors (Lipinski definition) is 2. The van der Waals surface area contributed by atoms with Crippen LogP contribution in [0.15, 0.2) is 29.3 Å². The maximum atomic E-state index is 5.36. The van der Waals surface area contributed by atoms with Gasteiger partial charge in [0.1, 0.15) is 0 Å². The molecule has 4 nitrogen and oxygen atoms in total. The van der Waals surface area contributed by atoms with Gasteiger partial charge in [-0.3, -0.25) is 4.99 Å². The molecule has 144 valence electrons. The number of aryl methyl sites for hydroxylation is 1. The van der Waals surface area contributed by atoms with Gasteiger partial charge in [-0.15, -0.1) is 24.0 Å². The molecule has 0 spiro atoms. The van der Waals surface area contributed by atoms with Gasteiger partial charge >= 0.3 is 0 Å². The van der Waals surface area contributed by atoms with Gasteiger partial charge in [0.05, 0.1) is 6.54 Å². The summed E-state index contributed by atoms with van der Waals surface area (Å²) in [4.78, 5) is 4.78. The molecule has 0 atom stereocenters. The average Bonchev–Trinajstić information content (AvgIpc) is 2.56. The van der Waals surface area contributed by atoms with Gasteiger partial charge in [-0.1, -0.05) is 43.7 Å². The number of unbranched alkanes of at least 4 members (excludes halogenated alkanes) is 1. The second kappa shape index (κ2) is 13.4. The van der Waals surface area contributed by atoms with Crippen molar-refractivity contribution in [3.05, 3.63) is 35.4 Å². The van der Waals surface area contributed by atoms with E-state index in [0.29, 0.717) is 0 Å². The third kappa shape index (κ3) is 10.0. The highest BCUT2D eigenvalue weighted by Gasteiger charge is 2.20. The van der Waals surface area contributed by atoms with E-state index in [2.05, 4.69) is 62.6 Å². The molecule has 0 saturated carbocycles. The Morgan fingerprint density at radius 1 is 1.08 bits per heavy atom. The standard InChI is InChI=1S/C20H35N3O.HI/c1-6-21-19(22-14-8-9-15-24-7-2)23-16-20(4,5)18-12-10-17(3)11-13-18;/h10-13H,6-9,14-16H2,1-5H3,(H2,21,22,23);1H. The average molecular weight is 461 g/mol. The van der Waals surface area contributed by atoms with Gasteiger partial charge in [0, 0.05) is 31.7 Å². The van der Waals surface area contributed by atoms with Crippen LogP contribution in [0.4, 0.5) is 0 Å². The SMILES string of the molecule is CCNC(=NCC(C)(C)c1ccc(C)cc1)NCCCCOCC.I. The summed E-state index contributed by atoms with van der Waals surface area (Å²) >= 11 is 0. The van der Waals surface area contributed by atoms with Crippen molar-refractivity contribution in [2.24, 2.45) is 4.99 Å². The van der Waals surface area contributed by atoms with Crippen molar-refractivity contribution in [1.29, 1.82) is 0 Å². The minimum Gasteiger partial charge on any atom is -0.382 e. The Morgan fingerprint density at radius 2 is 1.76 bits per heavy atom. The molecular formula is C20H36IN3O. The molecule has 0 amide bonds. The molecule has 1 aromatic rings. The molecule has 0 aliphatic heterocycles. The second-order valence-corrected chi connectivity index (χ2v) is 6.78. The first-order chi connectivity index (χ1) is 11.5. The number of rotatable bonds is 10. The third-order valence-corrected chi connectivity index (χ3v) is 4.02. The van der Waals surface area contributed by atoms with Gasteiger partial charge in [-0.2, -0.15) is 0 Å². The highest BCUT2D eigenvalue weighted by molar-refractivity contribution is 14.0. The lowest BCUT2D eigenvalue weighted by Crippen LogP contribution is -2.39. The van der Waals surface area contributed by atoms with E-state index in [4.69, 9.17) is 9.73 Å². The molecule has 1 aromatic carbocycles. The molecule has 0 bridgehead atoms. The maximum Gasteiger partial charge on any atom is 0.191 e. The van der Waals surface area contributed by atoms with Crippen molar-refractivity contribution in [2.75, 3.05) is 32.8 Å². The van der Waals surface area contributed by atoms with E-state index >= 15 is 0 Å². The van der Waals surface area contributed by atoms with Crippen molar-refractivity contribution < 1.29 is 4.74 Å². The van der Waals surface area contributed by atoms with Gasteiger partial charge in [0.15, 0.2) is 5.96 Å². The minimum atomic E-state index is 0. The minimum absolute atomic E-state index is 0. The summed E-state index contributed by atoms with van der Waals surface area (Å²) in [6.07, 6.45) is 2.17. The van der Waals surface area contributed by atoms with Gasteiger partial charge in [0.2, 0.25) is 0 Å². The van der Waals surface area contributed by atoms with Crippen molar-refractivity contribution in [1.82, 2.24) is 10.6 Å².